The van der Waals surface area contributed by atoms with Gasteiger partial charge in [0.2, 0.25) is 0 Å². The van der Waals surface area contributed by atoms with E-state index < -0.39 is 0 Å². The minimum atomic E-state index is -0.126. The first-order chi connectivity index (χ1) is 14.2. The summed E-state index contributed by atoms with van der Waals surface area (Å²) in [5.74, 6) is 0.474. The normalized spacial score (nSPS) is 10.8. The lowest BCUT2D eigenvalue weighted by Gasteiger charge is -2.03. The first kappa shape index (κ1) is 19.1. The van der Waals surface area contributed by atoms with E-state index in [1.165, 1.54) is 16.9 Å². The average Bonchev–Trinajstić information content (AvgIpc) is 3.39. The lowest BCUT2D eigenvalue weighted by Crippen LogP contribution is -2.22. The van der Waals surface area contributed by atoms with Crippen LogP contribution in [0.4, 0.5) is 0 Å². The van der Waals surface area contributed by atoms with Crippen molar-refractivity contribution in [3.8, 4) is 10.8 Å². The molecular formula is C23H21N3O2S. The molecule has 1 N–H and O–H groups in total. The zero-order valence-corrected chi connectivity index (χ0v) is 16.9. The molecule has 0 bridgehead atoms. The molecule has 0 radical (unpaired) electrons. The second-order valence-corrected chi connectivity index (χ2v) is 7.77. The fourth-order valence-corrected chi connectivity index (χ4v) is 3.95. The Hall–Kier alpha value is -3.25. The Morgan fingerprint density at radius 3 is 2.41 bits per heavy atom. The highest BCUT2D eigenvalue weighted by Gasteiger charge is 2.18. The molecule has 6 heteroatoms. The molecule has 0 atom stereocenters. The summed E-state index contributed by atoms with van der Waals surface area (Å²) in [5.41, 5.74) is 3.89. The molecule has 0 aliphatic heterocycles. The van der Waals surface area contributed by atoms with Crippen LogP contribution >= 0.6 is 11.3 Å². The summed E-state index contributed by atoms with van der Waals surface area (Å²) < 4.78 is 5.48. The van der Waals surface area contributed by atoms with Crippen molar-refractivity contribution in [3.05, 3.63) is 94.1 Å². The van der Waals surface area contributed by atoms with Gasteiger partial charge in [0.25, 0.3) is 5.91 Å². The summed E-state index contributed by atoms with van der Waals surface area (Å²) >= 11 is 1.33. The fraction of sp³-hybridized carbons (Fsp3) is 0.174. The minimum absolute atomic E-state index is 0.126. The van der Waals surface area contributed by atoms with Crippen molar-refractivity contribution in [2.45, 2.75) is 26.3 Å². The number of aryl methyl sites for hydroxylation is 3. The molecular weight excluding hydrogens is 382 g/mol. The molecule has 2 aromatic carbocycles. The van der Waals surface area contributed by atoms with E-state index in [0.717, 1.165) is 24.1 Å². The number of thiazole rings is 1. The summed E-state index contributed by atoms with van der Waals surface area (Å²) in [6.45, 7) is 2.32. The molecule has 2 aromatic heterocycles. The van der Waals surface area contributed by atoms with Gasteiger partial charge < -0.3 is 9.84 Å². The van der Waals surface area contributed by atoms with E-state index in [1.54, 1.807) is 0 Å². The van der Waals surface area contributed by atoms with E-state index >= 15 is 0 Å². The van der Waals surface area contributed by atoms with Gasteiger partial charge in [-0.05, 0) is 30.9 Å². The Balaban J connectivity index is 1.41. The SMILES string of the molecule is Cc1nc(-c2cc(CCc3ccccc3)no2)sc1C(=O)NCc1ccccc1. The van der Waals surface area contributed by atoms with E-state index in [-0.39, 0.29) is 5.91 Å². The highest BCUT2D eigenvalue weighted by molar-refractivity contribution is 7.17. The molecule has 2 heterocycles. The van der Waals surface area contributed by atoms with Gasteiger partial charge in [0.15, 0.2) is 10.8 Å². The maximum Gasteiger partial charge on any atom is 0.263 e. The molecule has 0 spiro atoms. The largest absolute Gasteiger partial charge is 0.353 e. The van der Waals surface area contributed by atoms with Crippen LogP contribution in [0.15, 0.2) is 71.3 Å². The molecule has 5 nitrogen and oxygen atoms in total. The van der Waals surface area contributed by atoms with Crippen LogP contribution in [0, 0.1) is 6.92 Å². The highest BCUT2D eigenvalue weighted by atomic mass is 32.1. The molecule has 146 valence electrons. The number of benzene rings is 2. The first-order valence-corrected chi connectivity index (χ1v) is 10.3. The van der Waals surface area contributed by atoms with Gasteiger partial charge in [-0.2, -0.15) is 0 Å². The summed E-state index contributed by atoms with van der Waals surface area (Å²) in [4.78, 5) is 17.7. The van der Waals surface area contributed by atoms with Crippen molar-refractivity contribution in [1.29, 1.82) is 0 Å². The number of nitrogens with one attached hydrogen (secondary N) is 1. The molecule has 1 amide bonds. The zero-order chi connectivity index (χ0) is 20.1. The van der Waals surface area contributed by atoms with Crippen LogP contribution in [-0.4, -0.2) is 16.0 Å². The van der Waals surface area contributed by atoms with Crippen LogP contribution in [-0.2, 0) is 19.4 Å². The van der Waals surface area contributed by atoms with Crippen molar-refractivity contribution in [2.75, 3.05) is 0 Å². The molecule has 0 aliphatic rings. The van der Waals surface area contributed by atoms with Crippen LogP contribution in [0.1, 0.15) is 32.2 Å². The summed E-state index contributed by atoms with van der Waals surface area (Å²) in [7, 11) is 0. The second-order valence-electron chi connectivity index (χ2n) is 6.77. The zero-order valence-electron chi connectivity index (χ0n) is 16.1. The number of carbonyl (C=O) groups excluding carboxylic acids is 1. The monoisotopic (exact) mass is 403 g/mol. The maximum absolute atomic E-state index is 12.6. The molecule has 0 saturated heterocycles. The van der Waals surface area contributed by atoms with Gasteiger partial charge >= 0.3 is 0 Å². The fourth-order valence-electron chi connectivity index (χ4n) is 3.02. The van der Waals surface area contributed by atoms with Crippen LogP contribution in [0.5, 0.6) is 0 Å². The van der Waals surface area contributed by atoms with Crippen LogP contribution in [0.25, 0.3) is 10.8 Å². The van der Waals surface area contributed by atoms with E-state index in [0.29, 0.717) is 27.9 Å². The molecule has 0 saturated carbocycles. The molecule has 29 heavy (non-hydrogen) atoms. The van der Waals surface area contributed by atoms with Gasteiger partial charge in [-0.3, -0.25) is 4.79 Å². The number of hydrogen-bond acceptors (Lipinski definition) is 5. The Bertz CT molecular complexity index is 1090. The molecule has 0 fully saturated rings. The topological polar surface area (TPSA) is 68.0 Å². The quantitative estimate of drug-likeness (QED) is 0.480. The molecule has 4 aromatic rings. The third-order valence-corrected chi connectivity index (χ3v) is 5.75. The van der Waals surface area contributed by atoms with Gasteiger partial charge in [-0.25, -0.2) is 4.98 Å². The van der Waals surface area contributed by atoms with E-state index in [2.05, 4.69) is 27.6 Å². The lowest BCUT2D eigenvalue weighted by atomic mass is 10.1. The smallest absolute Gasteiger partial charge is 0.263 e. The van der Waals surface area contributed by atoms with Crippen molar-refractivity contribution in [1.82, 2.24) is 15.5 Å². The lowest BCUT2D eigenvalue weighted by molar-refractivity contribution is 0.0954. The summed E-state index contributed by atoms with van der Waals surface area (Å²) in [6.07, 6.45) is 1.69. The number of carbonyl (C=O) groups is 1. The van der Waals surface area contributed by atoms with Crippen LogP contribution in [0.2, 0.25) is 0 Å². The molecule has 4 rings (SSSR count). The number of hydrogen-bond donors (Lipinski definition) is 1. The predicted octanol–water partition coefficient (Wildman–Crippen LogP) is 4.82. The van der Waals surface area contributed by atoms with E-state index in [4.69, 9.17) is 4.52 Å². The summed E-state index contributed by atoms with van der Waals surface area (Å²) in [5, 5.41) is 7.78. The number of amides is 1. The number of aromatic nitrogens is 2. The van der Waals surface area contributed by atoms with Gasteiger partial charge in [0.05, 0.1) is 11.4 Å². The minimum Gasteiger partial charge on any atom is -0.353 e. The Morgan fingerprint density at radius 1 is 1.00 bits per heavy atom. The standard InChI is InChI=1S/C23H21N3O2S/c1-16-21(22(27)24-15-18-10-6-3-7-11-18)29-23(25-16)20-14-19(26-28-20)13-12-17-8-4-2-5-9-17/h2-11,14H,12-13,15H2,1H3,(H,24,27). The third-order valence-electron chi connectivity index (χ3n) is 4.58. The Labute approximate surface area is 173 Å². The van der Waals surface area contributed by atoms with E-state index in [1.807, 2.05) is 61.5 Å². The third kappa shape index (κ3) is 4.78. The first-order valence-electron chi connectivity index (χ1n) is 9.48. The van der Waals surface area contributed by atoms with Crippen LogP contribution in [0.3, 0.4) is 0 Å². The highest BCUT2D eigenvalue weighted by Crippen LogP contribution is 2.28. The number of nitrogens with zero attached hydrogens (tertiary/aromatic N) is 2. The summed E-state index contributed by atoms with van der Waals surface area (Å²) in [6, 6.07) is 22.0. The van der Waals surface area contributed by atoms with Crippen molar-refractivity contribution in [2.24, 2.45) is 0 Å². The number of rotatable bonds is 7. The van der Waals surface area contributed by atoms with Crippen molar-refractivity contribution < 1.29 is 9.32 Å². The average molecular weight is 404 g/mol. The van der Waals surface area contributed by atoms with Crippen LogP contribution < -0.4 is 5.32 Å². The van der Waals surface area contributed by atoms with Gasteiger partial charge in [0, 0.05) is 12.6 Å². The Morgan fingerprint density at radius 2 is 1.69 bits per heavy atom. The molecule has 0 aliphatic carbocycles. The Kier molecular flexibility index (Phi) is 5.81. The van der Waals surface area contributed by atoms with Gasteiger partial charge in [0.1, 0.15) is 4.88 Å². The predicted molar refractivity (Wildman–Crippen MR) is 114 cm³/mol. The second kappa shape index (κ2) is 8.84. The maximum atomic E-state index is 12.6. The van der Waals surface area contributed by atoms with Crippen molar-refractivity contribution >= 4 is 17.2 Å². The van der Waals surface area contributed by atoms with Gasteiger partial charge in [-0.1, -0.05) is 65.8 Å². The molecule has 0 unspecified atom stereocenters. The van der Waals surface area contributed by atoms with Crippen molar-refractivity contribution in [3.63, 3.8) is 0 Å². The van der Waals surface area contributed by atoms with E-state index in [9.17, 15) is 4.79 Å². The van der Waals surface area contributed by atoms with Gasteiger partial charge in [-0.15, -0.1) is 11.3 Å².